The third-order valence-corrected chi connectivity index (χ3v) is 6.69. The Kier molecular flexibility index (Phi) is 5.64. The van der Waals surface area contributed by atoms with Gasteiger partial charge in [-0.2, -0.15) is 0 Å². The molecule has 0 amide bonds. The molecule has 0 unspecified atom stereocenters. The van der Waals surface area contributed by atoms with E-state index in [2.05, 4.69) is 0 Å². The van der Waals surface area contributed by atoms with Crippen LogP contribution in [-0.2, 0) is 11.2 Å². The standard InChI is InChI=1S/C25H18ClNO4S/c26-22-11-10-21(32-22)20(28)14-31-25(29)23-17-7-1-2-9-19(17)27-24-15(5-3-8-18(23)24)13-16-6-4-12-30-16/h1-2,4,6-7,9-13H,3,5,8,14H2/b15-13-. The Labute approximate surface area is 193 Å². The van der Waals surface area contributed by atoms with Gasteiger partial charge in [0.25, 0.3) is 0 Å². The van der Waals surface area contributed by atoms with Crippen molar-refractivity contribution in [2.45, 2.75) is 19.3 Å². The minimum atomic E-state index is -0.518. The number of hydrogen-bond acceptors (Lipinski definition) is 6. The third kappa shape index (κ3) is 3.99. The highest BCUT2D eigenvalue weighted by Gasteiger charge is 2.26. The molecule has 160 valence electrons. The van der Waals surface area contributed by atoms with Gasteiger partial charge in [-0.15, -0.1) is 11.3 Å². The molecule has 0 aliphatic heterocycles. The zero-order valence-corrected chi connectivity index (χ0v) is 18.5. The highest BCUT2D eigenvalue weighted by Crippen LogP contribution is 2.36. The number of ketones is 1. The van der Waals surface area contributed by atoms with E-state index in [-0.39, 0.29) is 12.4 Å². The number of furan rings is 1. The quantitative estimate of drug-likeness (QED) is 0.251. The first-order chi connectivity index (χ1) is 15.6. The molecule has 5 rings (SSSR count). The number of benzene rings is 1. The molecule has 1 aromatic carbocycles. The van der Waals surface area contributed by atoms with E-state index in [1.54, 1.807) is 18.4 Å². The SMILES string of the molecule is O=C(COC(=O)c1c2c(nc3ccccc13)/C(=C\c1ccco1)CCC2)c1ccc(Cl)s1. The number of pyridine rings is 1. The van der Waals surface area contributed by atoms with Crippen LogP contribution in [0.15, 0.2) is 59.2 Å². The fraction of sp³-hybridized carbons (Fsp3) is 0.160. The lowest BCUT2D eigenvalue weighted by Crippen LogP contribution is -2.18. The molecule has 4 aromatic rings. The van der Waals surface area contributed by atoms with Crippen molar-refractivity contribution in [3.05, 3.63) is 86.6 Å². The molecule has 0 atom stereocenters. The summed E-state index contributed by atoms with van der Waals surface area (Å²) in [4.78, 5) is 31.0. The summed E-state index contributed by atoms with van der Waals surface area (Å²) in [7, 11) is 0. The van der Waals surface area contributed by atoms with Crippen LogP contribution in [0.4, 0.5) is 0 Å². The maximum Gasteiger partial charge on any atom is 0.339 e. The minimum absolute atomic E-state index is 0.277. The summed E-state index contributed by atoms with van der Waals surface area (Å²) >= 11 is 7.08. The van der Waals surface area contributed by atoms with Crippen LogP contribution >= 0.6 is 22.9 Å². The van der Waals surface area contributed by atoms with Crippen molar-refractivity contribution >= 4 is 57.2 Å². The van der Waals surface area contributed by atoms with Gasteiger partial charge in [-0.25, -0.2) is 9.78 Å². The first-order valence-corrected chi connectivity index (χ1v) is 11.4. The molecule has 3 heterocycles. The maximum absolute atomic E-state index is 13.2. The van der Waals surface area contributed by atoms with Gasteiger partial charge in [0.1, 0.15) is 5.76 Å². The van der Waals surface area contributed by atoms with Crippen LogP contribution in [0.2, 0.25) is 4.34 Å². The normalized spacial score (nSPS) is 14.5. The summed E-state index contributed by atoms with van der Waals surface area (Å²) in [5.41, 5.74) is 3.85. The summed E-state index contributed by atoms with van der Waals surface area (Å²) in [6.45, 7) is -0.337. The second kappa shape index (κ2) is 8.73. The lowest BCUT2D eigenvalue weighted by Gasteiger charge is -2.22. The van der Waals surface area contributed by atoms with Crippen LogP contribution in [0.1, 0.15) is 49.9 Å². The van der Waals surface area contributed by atoms with Gasteiger partial charge in [-0.1, -0.05) is 29.8 Å². The molecule has 7 heteroatoms. The molecule has 0 saturated heterocycles. The van der Waals surface area contributed by atoms with E-state index in [9.17, 15) is 9.59 Å². The molecule has 3 aromatic heterocycles. The molecule has 5 nitrogen and oxygen atoms in total. The predicted molar refractivity (Wildman–Crippen MR) is 125 cm³/mol. The van der Waals surface area contributed by atoms with E-state index >= 15 is 0 Å². The van der Waals surface area contributed by atoms with Crippen LogP contribution in [0.3, 0.4) is 0 Å². The summed E-state index contributed by atoms with van der Waals surface area (Å²) in [6.07, 6.45) is 6.03. The second-order valence-corrected chi connectivity index (χ2v) is 9.19. The maximum atomic E-state index is 13.2. The molecular formula is C25H18ClNO4S. The van der Waals surface area contributed by atoms with Gasteiger partial charge in [0.15, 0.2) is 6.61 Å². The first-order valence-electron chi connectivity index (χ1n) is 10.2. The first kappa shape index (κ1) is 20.7. The number of para-hydroxylation sites is 1. The molecule has 32 heavy (non-hydrogen) atoms. The highest BCUT2D eigenvalue weighted by molar-refractivity contribution is 7.18. The van der Waals surface area contributed by atoms with E-state index in [4.69, 9.17) is 25.7 Å². The van der Waals surface area contributed by atoms with Gasteiger partial charge in [0.05, 0.1) is 32.3 Å². The summed E-state index contributed by atoms with van der Waals surface area (Å²) < 4.78 is 11.5. The van der Waals surface area contributed by atoms with Gasteiger partial charge in [-0.05, 0) is 66.8 Å². The van der Waals surface area contributed by atoms with Crippen LogP contribution in [0, 0.1) is 0 Å². The van der Waals surface area contributed by atoms with Crippen molar-refractivity contribution in [1.29, 1.82) is 0 Å². The molecule has 1 aliphatic carbocycles. The Balaban J connectivity index is 1.53. The van der Waals surface area contributed by atoms with Crippen molar-refractivity contribution in [3.63, 3.8) is 0 Å². The molecular weight excluding hydrogens is 446 g/mol. The lowest BCUT2D eigenvalue weighted by molar-refractivity contribution is 0.0476. The summed E-state index contributed by atoms with van der Waals surface area (Å²) in [5.74, 6) is -0.0527. The minimum Gasteiger partial charge on any atom is -0.465 e. The zero-order chi connectivity index (χ0) is 22.1. The molecule has 0 radical (unpaired) electrons. The summed E-state index contributed by atoms with van der Waals surface area (Å²) in [6, 6.07) is 14.5. The second-order valence-electron chi connectivity index (χ2n) is 7.47. The van der Waals surface area contributed by atoms with E-state index in [0.717, 1.165) is 40.8 Å². The van der Waals surface area contributed by atoms with Gasteiger partial charge < -0.3 is 9.15 Å². The smallest absolute Gasteiger partial charge is 0.339 e. The number of halogens is 1. The van der Waals surface area contributed by atoms with Crippen molar-refractivity contribution in [2.24, 2.45) is 0 Å². The van der Waals surface area contributed by atoms with E-state index < -0.39 is 5.97 Å². The number of thiophene rings is 1. The van der Waals surface area contributed by atoms with Crippen LogP contribution < -0.4 is 0 Å². The van der Waals surface area contributed by atoms with Gasteiger partial charge in [0, 0.05) is 5.39 Å². The number of nitrogens with zero attached hydrogens (tertiary/aromatic N) is 1. The van der Waals surface area contributed by atoms with E-state index in [1.165, 1.54) is 11.3 Å². The van der Waals surface area contributed by atoms with Crippen LogP contribution in [-0.4, -0.2) is 23.3 Å². The topological polar surface area (TPSA) is 69.4 Å². The fourth-order valence-corrected chi connectivity index (χ4v) is 4.96. The molecule has 1 aliphatic rings. The van der Waals surface area contributed by atoms with E-state index in [1.807, 2.05) is 42.5 Å². The number of allylic oxidation sites excluding steroid dienone is 1. The Bertz CT molecular complexity index is 1350. The average molecular weight is 464 g/mol. The number of Topliss-reactive ketones (excluding diaryl/α,β-unsaturated/α-hetero) is 1. The number of ether oxygens (including phenoxy) is 1. The third-order valence-electron chi connectivity index (χ3n) is 5.42. The number of rotatable bonds is 5. The molecule has 0 fully saturated rings. The Morgan fingerprint density at radius 3 is 2.78 bits per heavy atom. The van der Waals surface area contributed by atoms with Crippen molar-refractivity contribution in [1.82, 2.24) is 4.98 Å². The number of esters is 1. The van der Waals surface area contributed by atoms with Crippen molar-refractivity contribution in [2.75, 3.05) is 6.61 Å². The molecule has 0 bridgehead atoms. The van der Waals surface area contributed by atoms with Gasteiger partial charge >= 0.3 is 5.97 Å². The number of carbonyl (C=O) groups is 2. The van der Waals surface area contributed by atoms with Crippen LogP contribution in [0.5, 0.6) is 0 Å². The predicted octanol–water partition coefficient (Wildman–Crippen LogP) is 6.46. The molecule has 0 saturated carbocycles. The van der Waals surface area contributed by atoms with Crippen molar-refractivity contribution < 1.29 is 18.7 Å². The largest absolute Gasteiger partial charge is 0.465 e. The Hall–Kier alpha value is -3.22. The monoisotopic (exact) mass is 463 g/mol. The number of fused-ring (bicyclic) bond motifs is 2. The summed E-state index contributed by atoms with van der Waals surface area (Å²) in [5, 5.41) is 0.724. The number of carbonyl (C=O) groups excluding carboxylic acids is 2. The van der Waals surface area contributed by atoms with Crippen LogP contribution in [0.25, 0.3) is 22.6 Å². The van der Waals surface area contributed by atoms with E-state index in [0.29, 0.717) is 26.7 Å². The zero-order valence-electron chi connectivity index (χ0n) is 17.0. The van der Waals surface area contributed by atoms with Crippen molar-refractivity contribution in [3.8, 4) is 0 Å². The number of hydrogen-bond donors (Lipinski definition) is 0. The molecule has 0 spiro atoms. The van der Waals surface area contributed by atoms with Gasteiger partial charge in [-0.3, -0.25) is 4.79 Å². The highest BCUT2D eigenvalue weighted by atomic mass is 35.5. The fourth-order valence-electron chi connectivity index (χ4n) is 3.99. The lowest BCUT2D eigenvalue weighted by atomic mass is 9.86. The Morgan fingerprint density at radius 2 is 2.00 bits per heavy atom. The number of aromatic nitrogens is 1. The van der Waals surface area contributed by atoms with Gasteiger partial charge in [0.2, 0.25) is 5.78 Å². The Morgan fingerprint density at radius 1 is 1.12 bits per heavy atom. The molecule has 0 N–H and O–H groups in total. The average Bonchev–Trinajstić information content (AvgIpc) is 3.48.